The molecule has 1 unspecified atom stereocenters. The van der Waals surface area contributed by atoms with Gasteiger partial charge in [0.05, 0.1) is 29.6 Å². The quantitative estimate of drug-likeness (QED) is 0.655. The van der Waals surface area contributed by atoms with Gasteiger partial charge in [-0.05, 0) is 19.1 Å². The van der Waals surface area contributed by atoms with Gasteiger partial charge in [-0.15, -0.1) is 5.10 Å². The number of nitrogens with zero attached hydrogens (tertiary/aromatic N) is 4. The van der Waals surface area contributed by atoms with E-state index in [0.717, 1.165) is 0 Å². The third-order valence-corrected chi connectivity index (χ3v) is 2.60. The highest BCUT2D eigenvalue weighted by Crippen LogP contribution is 2.28. The minimum absolute atomic E-state index is 0.127. The Morgan fingerprint density at radius 3 is 2.79 bits per heavy atom. The molecule has 0 aliphatic heterocycles. The summed E-state index contributed by atoms with van der Waals surface area (Å²) in [5.41, 5.74) is 6.69. The van der Waals surface area contributed by atoms with E-state index in [1.165, 1.54) is 23.9 Å². The maximum atomic E-state index is 10.9. The van der Waals surface area contributed by atoms with Crippen LogP contribution in [0.5, 0.6) is 5.75 Å². The summed E-state index contributed by atoms with van der Waals surface area (Å²) < 4.78 is 6.37. The molecule has 0 fully saturated rings. The van der Waals surface area contributed by atoms with E-state index in [0.29, 0.717) is 11.4 Å². The zero-order valence-corrected chi connectivity index (χ0v) is 10.5. The van der Waals surface area contributed by atoms with Crippen molar-refractivity contribution in [2.75, 3.05) is 7.11 Å². The lowest BCUT2D eigenvalue weighted by Gasteiger charge is -2.04. The van der Waals surface area contributed by atoms with Gasteiger partial charge in [-0.3, -0.25) is 10.1 Å². The standard InChI is InChI=1S/C11H13N5O3/c1-7(12)9-6-15(14-13-9)8-3-4-11(19-2)10(5-8)16(17)18/h3-7H,12H2,1-2H3. The molecule has 2 aromatic rings. The molecule has 0 aliphatic carbocycles. The molecule has 100 valence electrons. The summed E-state index contributed by atoms with van der Waals surface area (Å²) in [6.07, 6.45) is 1.64. The van der Waals surface area contributed by atoms with Crippen molar-refractivity contribution in [1.82, 2.24) is 15.0 Å². The molecule has 0 bridgehead atoms. The largest absolute Gasteiger partial charge is 0.490 e. The fourth-order valence-corrected chi connectivity index (χ4v) is 1.58. The first-order chi connectivity index (χ1) is 9.02. The summed E-state index contributed by atoms with van der Waals surface area (Å²) in [6.45, 7) is 1.78. The molecule has 2 rings (SSSR count). The van der Waals surface area contributed by atoms with Gasteiger partial charge in [0.1, 0.15) is 0 Å². The number of nitrogens with two attached hydrogens (primary N) is 1. The van der Waals surface area contributed by atoms with E-state index in [2.05, 4.69) is 10.3 Å². The Morgan fingerprint density at radius 1 is 1.53 bits per heavy atom. The minimum Gasteiger partial charge on any atom is -0.490 e. The molecule has 1 aromatic carbocycles. The van der Waals surface area contributed by atoms with Gasteiger partial charge in [-0.2, -0.15) is 0 Å². The number of nitro benzene ring substituents is 1. The maximum absolute atomic E-state index is 10.9. The number of aromatic nitrogens is 3. The van der Waals surface area contributed by atoms with E-state index in [4.69, 9.17) is 10.5 Å². The van der Waals surface area contributed by atoms with Crippen LogP contribution in [0.3, 0.4) is 0 Å². The summed E-state index contributed by atoms with van der Waals surface area (Å²) in [4.78, 5) is 10.4. The lowest BCUT2D eigenvalue weighted by atomic mass is 10.2. The number of benzene rings is 1. The first-order valence-corrected chi connectivity index (χ1v) is 5.53. The second kappa shape index (κ2) is 5.02. The van der Waals surface area contributed by atoms with Gasteiger partial charge >= 0.3 is 5.69 Å². The molecule has 0 saturated carbocycles. The summed E-state index contributed by atoms with van der Waals surface area (Å²) >= 11 is 0. The lowest BCUT2D eigenvalue weighted by Crippen LogP contribution is -2.04. The lowest BCUT2D eigenvalue weighted by molar-refractivity contribution is -0.385. The van der Waals surface area contributed by atoms with Gasteiger partial charge in [0.25, 0.3) is 0 Å². The first-order valence-electron chi connectivity index (χ1n) is 5.53. The molecule has 0 saturated heterocycles. The summed E-state index contributed by atoms with van der Waals surface area (Å²) in [5, 5.41) is 18.7. The molecular weight excluding hydrogens is 250 g/mol. The van der Waals surface area contributed by atoms with Crippen molar-refractivity contribution in [3.05, 3.63) is 40.2 Å². The average Bonchev–Trinajstić information content (AvgIpc) is 2.87. The zero-order valence-electron chi connectivity index (χ0n) is 10.5. The first kappa shape index (κ1) is 13.0. The van der Waals surface area contributed by atoms with Crippen LogP contribution in [0.1, 0.15) is 18.7 Å². The summed E-state index contributed by atoms with van der Waals surface area (Å²) in [7, 11) is 1.38. The molecule has 1 atom stereocenters. The minimum atomic E-state index is -0.508. The van der Waals surface area contributed by atoms with Crippen LogP contribution in [0.15, 0.2) is 24.4 Å². The van der Waals surface area contributed by atoms with Crippen LogP contribution in [-0.4, -0.2) is 27.0 Å². The molecule has 0 spiro atoms. The van der Waals surface area contributed by atoms with Crippen LogP contribution in [0.2, 0.25) is 0 Å². The van der Waals surface area contributed by atoms with E-state index in [9.17, 15) is 10.1 Å². The fourth-order valence-electron chi connectivity index (χ4n) is 1.58. The smallest absolute Gasteiger partial charge is 0.313 e. The predicted molar refractivity (Wildman–Crippen MR) is 67.2 cm³/mol. The van der Waals surface area contributed by atoms with E-state index < -0.39 is 4.92 Å². The molecule has 0 radical (unpaired) electrons. The average molecular weight is 263 g/mol. The van der Waals surface area contributed by atoms with Crippen molar-refractivity contribution in [3.8, 4) is 11.4 Å². The van der Waals surface area contributed by atoms with Gasteiger partial charge in [0.15, 0.2) is 5.75 Å². The predicted octanol–water partition coefficient (Wildman–Crippen LogP) is 1.20. The van der Waals surface area contributed by atoms with Gasteiger partial charge in [0, 0.05) is 12.1 Å². The van der Waals surface area contributed by atoms with Crippen molar-refractivity contribution < 1.29 is 9.66 Å². The topological polar surface area (TPSA) is 109 Å². The van der Waals surface area contributed by atoms with Gasteiger partial charge in [-0.1, -0.05) is 5.21 Å². The van der Waals surface area contributed by atoms with Crippen LogP contribution in [0, 0.1) is 10.1 Å². The van der Waals surface area contributed by atoms with E-state index in [1.807, 2.05) is 0 Å². The SMILES string of the molecule is COc1ccc(-n2cc(C(C)N)nn2)cc1[N+](=O)[O-]. The highest BCUT2D eigenvalue weighted by Gasteiger charge is 2.16. The van der Waals surface area contributed by atoms with Crippen molar-refractivity contribution in [3.63, 3.8) is 0 Å². The van der Waals surface area contributed by atoms with Crippen LogP contribution >= 0.6 is 0 Å². The summed E-state index contributed by atoms with van der Waals surface area (Å²) in [6, 6.07) is 4.30. The highest BCUT2D eigenvalue weighted by atomic mass is 16.6. The molecule has 2 N–H and O–H groups in total. The Hall–Kier alpha value is -2.48. The van der Waals surface area contributed by atoms with Crippen LogP contribution < -0.4 is 10.5 Å². The number of hydrogen-bond acceptors (Lipinski definition) is 6. The third kappa shape index (κ3) is 2.52. The second-order valence-electron chi connectivity index (χ2n) is 3.99. The Balaban J connectivity index is 2.44. The second-order valence-corrected chi connectivity index (χ2v) is 3.99. The van der Waals surface area contributed by atoms with Crippen molar-refractivity contribution in [1.29, 1.82) is 0 Å². The van der Waals surface area contributed by atoms with Crippen molar-refractivity contribution in [2.45, 2.75) is 13.0 Å². The van der Waals surface area contributed by atoms with Crippen molar-refractivity contribution >= 4 is 5.69 Å². The normalized spacial score (nSPS) is 12.2. The third-order valence-electron chi connectivity index (χ3n) is 2.60. The van der Waals surface area contributed by atoms with E-state index in [1.54, 1.807) is 19.2 Å². The Morgan fingerprint density at radius 2 is 2.26 bits per heavy atom. The maximum Gasteiger partial charge on any atom is 0.313 e. The number of rotatable bonds is 4. The zero-order chi connectivity index (χ0) is 14.0. The molecule has 1 heterocycles. The molecule has 0 aliphatic rings. The monoisotopic (exact) mass is 263 g/mol. The Bertz CT molecular complexity index is 608. The van der Waals surface area contributed by atoms with E-state index >= 15 is 0 Å². The summed E-state index contributed by atoms with van der Waals surface area (Å²) in [5.74, 6) is 0.196. The van der Waals surface area contributed by atoms with Gasteiger partial charge in [0.2, 0.25) is 0 Å². The Kier molecular flexibility index (Phi) is 3.43. The van der Waals surface area contributed by atoms with Gasteiger partial charge < -0.3 is 10.5 Å². The number of methoxy groups -OCH3 is 1. The number of hydrogen-bond donors (Lipinski definition) is 1. The van der Waals surface area contributed by atoms with Crippen molar-refractivity contribution in [2.24, 2.45) is 5.73 Å². The molecule has 1 aromatic heterocycles. The highest BCUT2D eigenvalue weighted by molar-refractivity contribution is 5.53. The van der Waals surface area contributed by atoms with Crippen LogP contribution in [0.25, 0.3) is 5.69 Å². The number of nitro groups is 1. The molecule has 8 nitrogen and oxygen atoms in total. The molecule has 19 heavy (non-hydrogen) atoms. The fraction of sp³-hybridized carbons (Fsp3) is 0.273. The van der Waals surface area contributed by atoms with Crippen LogP contribution in [-0.2, 0) is 0 Å². The number of ether oxygens (including phenoxy) is 1. The van der Waals surface area contributed by atoms with Crippen LogP contribution in [0.4, 0.5) is 5.69 Å². The molecular formula is C11H13N5O3. The van der Waals surface area contributed by atoms with Gasteiger partial charge in [-0.25, -0.2) is 4.68 Å². The Labute approximate surface area is 108 Å². The molecule has 0 amide bonds. The molecule has 8 heteroatoms. The van der Waals surface area contributed by atoms with E-state index in [-0.39, 0.29) is 17.5 Å².